The Hall–Kier alpha value is -4.34. The number of aromatic nitrogens is 2. The van der Waals surface area contributed by atoms with Gasteiger partial charge in [0.25, 0.3) is 11.2 Å². The minimum Gasteiger partial charge on any atom is -0.477 e. The molecule has 0 radical (unpaired) electrons. The van der Waals surface area contributed by atoms with Crippen LogP contribution in [0.5, 0.6) is 0 Å². The molecule has 0 unspecified atom stereocenters. The molecule has 0 atom stereocenters. The van der Waals surface area contributed by atoms with Crippen molar-refractivity contribution >= 4 is 22.6 Å². The SMILES string of the molecule is Cc1cc2c(-c3ccc[nH]c3=O)c(C(=O)O)n(Cc3cc([N+](=O)[O-])ccc3F)c2cc1F. The van der Waals surface area contributed by atoms with Gasteiger partial charge in [0.15, 0.2) is 0 Å². The monoisotopic (exact) mass is 439 g/mol. The number of halogens is 2. The van der Waals surface area contributed by atoms with E-state index < -0.39 is 34.6 Å². The van der Waals surface area contributed by atoms with Crippen molar-refractivity contribution in [3.63, 3.8) is 0 Å². The van der Waals surface area contributed by atoms with Crippen molar-refractivity contribution in [2.45, 2.75) is 13.5 Å². The Bertz CT molecular complexity index is 1470. The van der Waals surface area contributed by atoms with E-state index in [4.69, 9.17) is 0 Å². The molecule has 0 fully saturated rings. The van der Waals surface area contributed by atoms with Gasteiger partial charge in [-0.05, 0) is 42.8 Å². The van der Waals surface area contributed by atoms with Gasteiger partial charge in [-0.3, -0.25) is 14.9 Å². The number of nitro benzene ring substituents is 1. The van der Waals surface area contributed by atoms with Crippen molar-refractivity contribution in [2.75, 3.05) is 0 Å². The number of carboxylic acid groups (broad SMARTS) is 1. The number of fused-ring (bicyclic) bond motifs is 1. The topological polar surface area (TPSA) is 118 Å². The van der Waals surface area contributed by atoms with Gasteiger partial charge in [-0.1, -0.05) is 0 Å². The fourth-order valence-electron chi connectivity index (χ4n) is 3.72. The van der Waals surface area contributed by atoms with Crippen LogP contribution in [-0.4, -0.2) is 25.6 Å². The van der Waals surface area contributed by atoms with Gasteiger partial charge in [-0.15, -0.1) is 0 Å². The quantitative estimate of drug-likeness (QED) is 0.356. The Labute approximate surface area is 178 Å². The van der Waals surface area contributed by atoms with Crippen LogP contribution in [0.15, 0.2) is 53.5 Å². The molecule has 0 spiro atoms. The van der Waals surface area contributed by atoms with Crippen molar-refractivity contribution in [1.82, 2.24) is 9.55 Å². The van der Waals surface area contributed by atoms with Gasteiger partial charge < -0.3 is 14.7 Å². The van der Waals surface area contributed by atoms with Crippen LogP contribution in [0.4, 0.5) is 14.5 Å². The predicted octanol–water partition coefficient (Wildman–Crippen LogP) is 4.24. The third-order valence-electron chi connectivity index (χ3n) is 5.20. The molecule has 0 bridgehead atoms. The molecule has 0 saturated heterocycles. The lowest BCUT2D eigenvalue weighted by Gasteiger charge is -2.10. The molecular weight excluding hydrogens is 424 g/mol. The average Bonchev–Trinajstić information content (AvgIpc) is 3.03. The lowest BCUT2D eigenvalue weighted by atomic mass is 10.0. The van der Waals surface area contributed by atoms with Crippen LogP contribution in [0.3, 0.4) is 0 Å². The fourth-order valence-corrected chi connectivity index (χ4v) is 3.72. The van der Waals surface area contributed by atoms with E-state index in [-0.39, 0.29) is 44.5 Å². The first-order valence-electron chi connectivity index (χ1n) is 9.35. The summed E-state index contributed by atoms with van der Waals surface area (Å²) in [6.07, 6.45) is 1.38. The van der Waals surface area contributed by atoms with Gasteiger partial charge in [0.05, 0.1) is 17.0 Å². The first kappa shape index (κ1) is 20.9. The Morgan fingerprint density at radius 3 is 2.59 bits per heavy atom. The van der Waals surface area contributed by atoms with E-state index in [1.54, 1.807) is 0 Å². The third kappa shape index (κ3) is 3.41. The molecule has 4 aromatic rings. The number of aromatic carboxylic acids is 1. The highest BCUT2D eigenvalue weighted by molar-refractivity contribution is 6.08. The molecule has 0 amide bonds. The maximum Gasteiger partial charge on any atom is 0.353 e. The molecule has 0 aliphatic rings. The molecule has 8 nitrogen and oxygen atoms in total. The second-order valence-electron chi connectivity index (χ2n) is 7.18. The zero-order valence-corrected chi connectivity index (χ0v) is 16.6. The van der Waals surface area contributed by atoms with E-state index in [0.717, 1.165) is 28.8 Å². The number of non-ortho nitro benzene ring substituents is 1. The van der Waals surface area contributed by atoms with Gasteiger partial charge in [-0.2, -0.15) is 0 Å². The molecule has 4 rings (SSSR count). The van der Waals surface area contributed by atoms with E-state index in [1.165, 1.54) is 31.3 Å². The summed E-state index contributed by atoms with van der Waals surface area (Å²) >= 11 is 0. The number of carboxylic acids is 1. The third-order valence-corrected chi connectivity index (χ3v) is 5.20. The predicted molar refractivity (Wildman–Crippen MR) is 112 cm³/mol. The maximum atomic E-state index is 14.5. The van der Waals surface area contributed by atoms with Gasteiger partial charge >= 0.3 is 5.97 Å². The molecule has 2 N–H and O–H groups in total. The first-order chi connectivity index (χ1) is 15.2. The largest absolute Gasteiger partial charge is 0.477 e. The van der Waals surface area contributed by atoms with Crippen molar-refractivity contribution < 1.29 is 23.6 Å². The van der Waals surface area contributed by atoms with E-state index in [2.05, 4.69) is 4.98 Å². The molecular formula is C22H15F2N3O5. The highest BCUT2D eigenvalue weighted by Crippen LogP contribution is 2.36. The summed E-state index contributed by atoms with van der Waals surface area (Å²) in [6.45, 7) is 1.06. The number of carbonyl (C=O) groups is 1. The number of aromatic amines is 1. The number of nitro groups is 1. The lowest BCUT2D eigenvalue weighted by Crippen LogP contribution is -2.14. The molecule has 2 aromatic carbocycles. The van der Waals surface area contributed by atoms with Crippen molar-refractivity contribution in [3.05, 3.63) is 97.6 Å². The number of benzene rings is 2. The van der Waals surface area contributed by atoms with Crippen molar-refractivity contribution in [3.8, 4) is 11.1 Å². The van der Waals surface area contributed by atoms with Crippen LogP contribution >= 0.6 is 0 Å². The summed E-state index contributed by atoms with van der Waals surface area (Å²) in [6, 6.07) is 8.35. The Kier molecular flexibility index (Phi) is 5.05. The number of pyridine rings is 1. The zero-order valence-electron chi connectivity index (χ0n) is 16.6. The normalized spacial score (nSPS) is 11.1. The number of H-pyrrole nitrogens is 1. The summed E-state index contributed by atoms with van der Waals surface area (Å²) in [5, 5.41) is 21.4. The van der Waals surface area contributed by atoms with Gasteiger partial charge in [0.2, 0.25) is 0 Å². The lowest BCUT2D eigenvalue weighted by molar-refractivity contribution is -0.385. The highest BCUT2D eigenvalue weighted by Gasteiger charge is 2.27. The maximum absolute atomic E-state index is 14.5. The van der Waals surface area contributed by atoms with Crippen molar-refractivity contribution in [2.24, 2.45) is 0 Å². The van der Waals surface area contributed by atoms with Crippen LogP contribution < -0.4 is 5.56 Å². The van der Waals surface area contributed by atoms with Crippen LogP contribution in [0.1, 0.15) is 21.6 Å². The summed E-state index contributed by atoms with van der Waals surface area (Å²) in [7, 11) is 0. The summed E-state index contributed by atoms with van der Waals surface area (Å²) in [5.41, 5.74) is -1.05. The average molecular weight is 439 g/mol. The first-order valence-corrected chi connectivity index (χ1v) is 9.35. The number of nitrogens with zero attached hydrogens (tertiary/aromatic N) is 2. The molecule has 32 heavy (non-hydrogen) atoms. The molecule has 2 aromatic heterocycles. The molecule has 162 valence electrons. The minimum absolute atomic E-state index is 0.0409. The molecule has 10 heteroatoms. The Morgan fingerprint density at radius 1 is 1.19 bits per heavy atom. The second kappa shape index (κ2) is 7.73. The second-order valence-corrected chi connectivity index (χ2v) is 7.18. The molecule has 0 aliphatic heterocycles. The number of nitrogens with one attached hydrogen (secondary N) is 1. The highest BCUT2D eigenvalue weighted by atomic mass is 19.1. The number of rotatable bonds is 5. The van der Waals surface area contributed by atoms with E-state index >= 15 is 0 Å². The number of aryl methyl sites for hydroxylation is 1. The van der Waals surface area contributed by atoms with Crippen LogP contribution in [0, 0.1) is 28.7 Å². The van der Waals surface area contributed by atoms with Crippen LogP contribution in [0.2, 0.25) is 0 Å². The van der Waals surface area contributed by atoms with E-state index in [0.29, 0.717) is 0 Å². The Balaban J connectivity index is 2.09. The summed E-state index contributed by atoms with van der Waals surface area (Å²) < 4.78 is 30.1. The van der Waals surface area contributed by atoms with Crippen molar-refractivity contribution in [1.29, 1.82) is 0 Å². The van der Waals surface area contributed by atoms with Gasteiger partial charge in [-0.25, -0.2) is 13.6 Å². The molecule has 0 aliphatic carbocycles. The van der Waals surface area contributed by atoms with Crippen LogP contribution in [0.25, 0.3) is 22.0 Å². The standard InChI is InChI=1S/C22H15F2N3O5/c1-11-7-15-18(9-17(11)24)26(10-12-8-13(27(31)32)4-5-16(12)23)20(22(29)30)19(15)14-3-2-6-25-21(14)28/h2-9H,10H2,1H3,(H,25,28)(H,29,30). The molecule has 2 heterocycles. The summed E-state index contributed by atoms with van der Waals surface area (Å²) in [5.74, 6) is -2.84. The van der Waals surface area contributed by atoms with Gasteiger partial charge in [0, 0.05) is 40.4 Å². The van der Waals surface area contributed by atoms with E-state index in [1.807, 2.05) is 0 Å². The Morgan fingerprint density at radius 2 is 1.94 bits per heavy atom. The number of hydrogen-bond donors (Lipinski definition) is 2. The minimum atomic E-state index is -1.43. The number of hydrogen-bond acceptors (Lipinski definition) is 4. The van der Waals surface area contributed by atoms with Crippen LogP contribution in [-0.2, 0) is 6.54 Å². The zero-order chi connectivity index (χ0) is 23.2. The fraction of sp³-hybridized carbons (Fsp3) is 0.0909. The summed E-state index contributed by atoms with van der Waals surface area (Å²) in [4.78, 5) is 37.6. The van der Waals surface area contributed by atoms with Gasteiger partial charge in [0.1, 0.15) is 17.3 Å². The smallest absolute Gasteiger partial charge is 0.353 e. The molecule has 0 saturated carbocycles. The van der Waals surface area contributed by atoms with E-state index in [9.17, 15) is 33.6 Å².